The van der Waals surface area contributed by atoms with E-state index in [1.807, 2.05) is 6.92 Å². The molecule has 0 spiro atoms. The van der Waals surface area contributed by atoms with Gasteiger partial charge in [0, 0.05) is 32.4 Å². The number of carbonyl (C=O) groups is 2. The fraction of sp³-hybridized carbons (Fsp3) is 0.562. The van der Waals surface area contributed by atoms with Crippen LogP contribution in [0.1, 0.15) is 36.7 Å². The van der Waals surface area contributed by atoms with E-state index in [0.717, 1.165) is 12.8 Å². The van der Waals surface area contributed by atoms with Crippen LogP contribution in [0.15, 0.2) is 17.1 Å². The third kappa shape index (κ3) is 3.55. The smallest absolute Gasteiger partial charge is 0.271 e. The van der Waals surface area contributed by atoms with Gasteiger partial charge in [-0.1, -0.05) is 19.8 Å². The molecule has 1 aromatic rings. The first-order valence-corrected chi connectivity index (χ1v) is 7.82. The maximum atomic E-state index is 12.7. The van der Waals surface area contributed by atoms with E-state index in [1.54, 1.807) is 16.8 Å². The Kier molecular flexibility index (Phi) is 5.41. The van der Waals surface area contributed by atoms with Gasteiger partial charge in [0.15, 0.2) is 5.75 Å². The van der Waals surface area contributed by atoms with Gasteiger partial charge in [0.2, 0.25) is 11.3 Å². The molecule has 1 N–H and O–H groups in total. The van der Waals surface area contributed by atoms with Crippen LogP contribution in [0, 0.1) is 0 Å². The van der Waals surface area contributed by atoms with Crippen molar-refractivity contribution in [1.82, 2.24) is 14.8 Å². The largest absolute Gasteiger partial charge is 0.491 e. The van der Waals surface area contributed by atoms with Crippen LogP contribution in [-0.4, -0.2) is 59.9 Å². The first-order chi connectivity index (χ1) is 11.0. The minimum atomic E-state index is -0.466. The molecule has 1 saturated heterocycles. The van der Waals surface area contributed by atoms with Crippen molar-refractivity contribution in [3.05, 3.63) is 28.2 Å². The van der Waals surface area contributed by atoms with Crippen LogP contribution in [0.5, 0.6) is 5.75 Å². The molecule has 1 fully saturated rings. The number of unbranched alkanes of at least 4 members (excludes halogenated alkanes) is 1. The Labute approximate surface area is 135 Å². The Morgan fingerprint density at radius 3 is 2.74 bits per heavy atom. The van der Waals surface area contributed by atoms with Gasteiger partial charge in [-0.15, -0.1) is 0 Å². The van der Waals surface area contributed by atoms with Crippen molar-refractivity contribution in [3.8, 4) is 5.75 Å². The molecule has 2 rings (SSSR count). The lowest BCUT2D eigenvalue weighted by molar-refractivity contribution is -0.138. The number of hydrogen-bond acceptors (Lipinski definition) is 4. The van der Waals surface area contributed by atoms with E-state index in [-0.39, 0.29) is 28.7 Å². The number of piperazine rings is 1. The van der Waals surface area contributed by atoms with Crippen LogP contribution >= 0.6 is 0 Å². The summed E-state index contributed by atoms with van der Waals surface area (Å²) in [6.07, 6.45) is 3.82. The molecule has 2 amide bonds. The van der Waals surface area contributed by atoms with Gasteiger partial charge in [0.25, 0.3) is 5.91 Å². The number of hydrogen-bond donors (Lipinski definition) is 1. The quantitative estimate of drug-likeness (QED) is 0.872. The molecule has 2 heterocycles. The summed E-state index contributed by atoms with van der Waals surface area (Å²) in [6, 6.07) is 0.757. The van der Waals surface area contributed by atoms with Crippen LogP contribution < -0.4 is 10.2 Å². The number of pyridine rings is 1. The van der Waals surface area contributed by atoms with Crippen molar-refractivity contribution in [2.75, 3.05) is 27.2 Å². The number of ether oxygens (including phenoxy) is 1. The highest BCUT2D eigenvalue weighted by Crippen LogP contribution is 2.18. The summed E-state index contributed by atoms with van der Waals surface area (Å²) in [6.45, 7) is 3.00. The van der Waals surface area contributed by atoms with Crippen molar-refractivity contribution in [1.29, 1.82) is 0 Å². The zero-order chi connectivity index (χ0) is 17.0. The van der Waals surface area contributed by atoms with E-state index in [0.29, 0.717) is 19.5 Å². The average Bonchev–Trinajstić information content (AvgIpc) is 2.55. The summed E-state index contributed by atoms with van der Waals surface area (Å²) >= 11 is 0. The molecule has 126 valence electrons. The van der Waals surface area contributed by atoms with Gasteiger partial charge in [-0.25, -0.2) is 0 Å². The van der Waals surface area contributed by atoms with Gasteiger partial charge in [-0.05, 0) is 6.42 Å². The van der Waals surface area contributed by atoms with Gasteiger partial charge in [-0.2, -0.15) is 0 Å². The average molecular weight is 321 g/mol. The molecular weight excluding hydrogens is 298 g/mol. The fourth-order valence-corrected chi connectivity index (χ4v) is 2.73. The number of nitrogens with one attached hydrogen (secondary N) is 1. The van der Waals surface area contributed by atoms with Crippen molar-refractivity contribution in [2.45, 2.75) is 32.2 Å². The molecule has 0 radical (unpaired) electrons. The summed E-state index contributed by atoms with van der Waals surface area (Å²) < 4.78 is 4.90. The molecule has 1 aliphatic heterocycles. The third-order valence-electron chi connectivity index (χ3n) is 4.13. The predicted molar refractivity (Wildman–Crippen MR) is 85.6 cm³/mol. The predicted octanol–water partition coefficient (Wildman–Crippen LogP) is 0.856. The molecule has 1 unspecified atom stereocenters. The van der Waals surface area contributed by atoms with E-state index in [4.69, 9.17) is 4.74 Å². The Balaban J connectivity index is 2.26. The molecular formula is C16H23N3O4. The number of aromatic nitrogens is 1. The number of carbonyl (C=O) groups excluding carboxylic acids is 2. The van der Waals surface area contributed by atoms with Crippen LogP contribution in [0.3, 0.4) is 0 Å². The van der Waals surface area contributed by atoms with Gasteiger partial charge in [0.05, 0.1) is 7.11 Å². The number of rotatable bonds is 5. The van der Waals surface area contributed by atoms with E-state index >= 15 is 0 Å². The normalized spacial score (nSPS) is 18.2. The first-order valence-electron chi connectivity index (χ1n) is 7.82. The topological polar surface area (TPSA) is 82.7 Å². The molecule has 0 bridgehead atoms. The van der Waals surface area contributed by atoms with Gasteiger partial charge in [-0.3, -0.25) is 14.4 Å². The lowest BCUT2D eigenvalue weighted by atomic mass is 10.0. The van der Waals surface area contributed by atoms with Gasteiger partial charge < -0.3 is 19.5 Å². The summed E-state index contributed by atoms with van der Waals surface area (Å²) in [7, 11) is 3.14. The lowest BCUT2D eigenvalue weighted by Gasteiger charge is -2.39. The van der Waals surface area contributed by atoms with E-state index in [1.165, 1.54) is 19.4 Å². The molecule has 0 aliphatic carbocycles. The van der Waals surface area contributed by atoms with Crippen LogP contribution in [-0.2, 0) is 4.79 Å². The second-order valence-electron chi connectivity index (χ2n) is 5.70. The Morgan fingerprint density at radius 2 is 2.13 bits per heavy atom. The number of methoxy groups -OCH3 is 1. The molecule has 23 heavy (non-hydrogen) atoms. The number of amides is 2. The molecule has 7 heteroatoms. The van der Waals surface area contributed by atoms with Crippen molar-refractivity contribution >= 4 is 11.8 Å². The third-order valence-corrected chi connectivity index (χ3v) is 4.13. The maximum absolute atomic E-state index is 12.7. The SMILES string of the molecule is CCCCC1C(=O)N(C)CCN1C(=O)c1cc(=O)c(OC)c[nH]1. The molecule has 0 aromatic carbocycles. The second kappa shape index (κ2) is 7.30. The van der Waals surface area contributed by atoms with E-state index < -0.39 is 6.04 Å². The number of aromatic amines is 1. The highest BCUT2D eigenvalue weighted by molar-refractivity contribution is 5.96. The van der Waals surface area contributed by atoms with Crippen LogP contribution in [0.4, 0.5) is 0 Å². The molecule has 1 atom stereocenters. The van der Waals surface area contributed by atoms with Crippen molar-refractivity contribution in [2.24, 2.45) is 0 Å². The molecule has 1 aliphatic rings. The Morgan fingerprint density at radius 1 is 1.39 bits per heavy atom. The minimum Gasteiger partial charge on any atom is -0.491 e. The van der Waals surface area contributed by atoms with Crippen molar-refractivity contribution < 1.29 is 14.3 Å². The minimum absolute atomic E-state index is 0.0473. The highest BCUT2D eigenvalue weighted by atomic mass is 16.5. The fourth-order valence-electron chi connectivity index (χ4n) is 2.73. The standard InChI is InChI=1S/C16H23N3O4/c1-4-5-6-12-16(22)18(2)7-8-19(12)15(21)11-9-13(20)14(23-3)10-17-11/h9-10,12H,4-8H2,1-3H3,(H,17,20). The monoisotopic (exact) mass is 321 g/mol. The summed E-state index contributed by atoms with van der Waals surface area (Å²) in [5.74, 6) is -0.222. The second-order valence-corrected chi connectivity index (χ2v) is 5.70. The molecule has 0 saturated carbocycles. The lowest BCUT2D eigenvalue weighted by Crippen LogP contribution is -2.57. The van der Waals surface area contributed by atoms with Gasteiger partial charge >= 0.3 is 0 Å². The Bertz CT molecular complexity index is 640. The highest BCUT2D eigenvalue weighted by Gasteiger charge is 2.36. The zero-order valence-corrected chi connectivity index (χ0v) is 13.8. The van der Waals surface area contributed by atoms with Gasteiger partial charge in [0.1, 0.15) is 11.7 Å². The zero-order valence-electron chi connectivity index (χ0n) is 13.8. The number of likely N-dealkylation sites (N-methyl/N-ethyl adjacent to an activating group) is 1. The van der Waals surface area contributed by atoms with Crippen molar-refractivity contribution in [3.63, 3.8) is 0 Å². The number of nitrogens with zero attached hydrogens (tertiary/aromatic N) is 2. The summed E-state index contributed by atoms with van der Waals surface area (Å²) in [5, 5.41) is 0. The number of H-pyrrole nitrogens is 1. The summed E-state index contributed by atoms with van der Waals surface area (Å²) in [5.41, 5.74) is -0.185. The first kappa shape index (κ1) is 17.1. The molecule has 1 aromatic heterocycles. The summed E-state index contributed by atoms with van der Waals surface area (Å²) in [4.78, 5) is 43.0. The maximum Gasteiger partial charge on any atom is 0.271 e. The van der Waals surface area contributed by atoms with Crippen LogP contribution in [0.2, 0.25) is 0 Å². The van der Waals surface area contributed by atoms with E-state index in [2.05, 4.69) is 4.98 Å². The van der Waals surface area contributed by atoms with E-state index in [9.17, 15) is 14.4 Å². The Hall–Kier alpha value is -2.31. The van der Waals surface area contributed by atoms with Crippen LogP contribution in [0.25, 0.3) is 0 Å². The molecule has 7 nitrogen and oxygen atoms in total.